The van der Waals surface area contributed by atoms with Crippen LogP contribution >= 0.6 is 11.6 Å². The van der Waals surface area contributed by atoms with Crippen LogP contribution in [0.2, 0.25) is 5.02 Å². The van der Waals surface area contributed by atoms with Gasteiger partial charge in [0.25, 0.3) is 5.91 Å². The van der Waals surface area contributed by atoms with Crippen molar-refractivity contribution in [1.82, 2.24) is 9.88 Å². The van der Waals surface area contributed by atoms with Crippen LogP contribution in [-0.4, -0.2) is 34.3 Å². The number of imide groups is 1. The molecule has 2 aromatic rings. The molecule has 0 saturated carbocycles. The number of carbonyl (C=O) groups excluding carboxylic acids is 2. The Morgan fingerprint density at radius 2 is 2.19 bits per heavy atom. The van der Waals surface area contributed by atoms with Gasteiger partial charge in [-0.2, -0.15) is 0 Å². The molecule has 6 heteroatoms. The Hall–Kier alpha value is -2.14. The van der Waals surface area contributed by atoms with E-state index in [1.165, 1.54) is 4.90 Å². The van der Waals surface area contributed by atoms with E-state index >= 15 is 0 Å². The third-order valence-electron chi connectivity index (χ3n) is 3.61. The highest BCUT2D eigenvalue weighted by molar-refractivity contribution is 6.35. The third kappa shape index (κ3) is 2.34. The number of halogens is 1. The van der Waals surface area contributed by atoms with Gasteiger partial charge in [-0.05, 0) is 31.2 Å². The number of hydrogen-bond acceptors (Lipinski definition) is 4. The van der Waals surface area contributed by atoms with Gasteiger partial charge < -0.3 is 5.32 Å². The van der Waals surface area contributed by atoms with E-state index in [0.29, 0.717) is 22.8 Å². The maximum absolute atomic E-state index is 12.2. The summed E-state index contributed by atoms with van der Waals surface area (Å²) in [6.45, 7) is 2.19. The number of carbonyl (C=O) groups is 2. The monoisotopic (exact) mass is 303 g/mol. The predicted octanol–water partition coefficient (Wildman–Crippen LogP) is 2.45. The summed E-state index contributed by atoms with van der Waals surface area (Å²) < 4.78 is 0. The molecule has 0 radical (unpaired) electrons. The summed E-state index contributed by atoms with van der Waals surface area (Å²) in [4.78, 5) is 29.5. The molecule has 2 heterocycles. The molecule has 108 valence electrons. The summed E-state index contributed by atoms with van der Waals surface area (Å²) in [5.41, 5.74) is 1.40. The molecule has 1 fully saturated rings. The minimum absolute atomic E-state index is 0.147. The highest BCUT2D eigenvalue weighted by atomic mass is 35.5. The van der Waals surface area contributed by atoms with Gasteiger partial charge in [-0.25, -0.2) is 0 Å². The van der Waals surface area contributed by atoms with Crippen LogP contribution in [0.4, 0.5) is 5.69 Å². The van der Waals surface area contributed by atoms with E-state index in [9.17, 15) is 9.59 Å². The number of nitrogens with zero attached hydrogens (tertiary/aromatic N) is 2. The van der Waals surface area contributed by atoms with E-state index in [4.69, 9.17) is 11.6 Å². The summed E-state index contributed by atoms with van der Waals surface area (Å²) in [7, 11) is 0. The molecule has 1 saturated heterocycles. The summed E-state index contributed by atoms with van der Waals surface area (Å²) in [5.74, 6) is -0.340. The van der Waals surface area contributed by atoms with Crippen LogP contribution in [0.1, 0.15) is 13.3 Å². The Morgan fingerprint density at radius 3 is 2.90 bits per heavy atom. The van der Waals surface area contributed by atoms with Crippen LogP contribution in [0.15, 0.2) is 30.5 Å². The van der Waals surface area contributed by atoms with Crippen LogP contribution in [-0.2, 0) is 9.59 Å². The summed E-state index contributed by atoms with van der Waals surface area (Å²) in [6, 6.07) is 6.68. The van der Waals surface area contributed by atoms with Gasteiger partial charge >= 0.3 is 0 Å². The number of fused-ring (bicyclic) bond motifs is 1. The number of pyridine rings is 1. The SMILES string of the molecule is CCN1C(=O)CC(Nc2ccc(Cl)c3cccnc23)C1=O. The smallest absolute Gasteiger partial charge is 0.252 e. The third-order valence-corrected chi connectivity index (χ3v) is 3.94. The molecule has 1 aromatic carbocycles. The molecular weight excluding hydrogens is 290 g/mol. The zero-order valence-electron chi connectivity index (χ0n) is 11.5. The van der Waals surface area contributed by atoms with Crippen molar-refractivity contribution in [2.45, 2.75) is 19.4 Å². The van der Waals surface area contributed by atoms with Crippen molar-refractivity contribution in [3.63, 3.8) is 0 Å². The van der Waals surface area contributed by atoms with Crippen LogP contribution in [0.5, 0.6) is 0 Å². The lowest BCUT2D eigenvalue weighted by atomic mass is 10.1. The van der Waals surface area contributed by atoms with E-state index in [-0.39, 0.29) is 18.2 Å². The van der Waals surface area contributed by atoms with Gasteiger partial charge in [0, 0.05) is 18.1 Å². The van der Waals surface area contributed by atoms with Crippen molar-refractivity contribution < 1.29 is 9.59 Å². The average molecular weight is 304 g/mol. The standard InChI is InChI=1S/C15H14ClN3O2/c1-2-19-13(20)8-12(15(19)21)18-11-6-5-10(16)9-4-3-7-17-14(9)11/h3-7,12,18H,2,8H2,1H3. The Kier molecular flexibility index (Phi) is 3.51. The molecule has 2 amide bonds. The van der Waals surface area contributed by atoms with Gasteiger partial charge in [0.05, 0.1) is 22.6 Å². The van der Waals surface area contributed by atoms with Crippen LogP contribution in [0, 0.1) is 0 Å². The minimum Gasteiger partial charge on any atom is -0.371 e. The van der Waals surface area contributed by atoms with Gasteiger partial charge in [-0.1, -0.05) is 11.6 Å². The second kappa shape index (κ2) is 5.33. The number of amides is 2. The van der Waals surface area contributed by atoms with E-state index in [1.54, 1.807) is 31.3 Å². The predicted molar refractivity (Wildman–Crippen MR) is 81.2 cm³/mol. The second-order valence-electron chi connectivity index (χ2n) is 4.87. The molecule has 5 nitrogen and oxygen atoms in total. The van der Waals surface area contributed by atoms with Gasteiger partial charge in [-0.3, -0.25) is 19.5 Å². The Balaban J connectivity index is 1.95. The van der Waals surface area contributed by atoms with Crippen LogP contribution in [0.3, 0.4) is 0 Å². The summed E-state index contributed by atoms with van der Waals surface area (Å²) in [6.07, 6.45) is 1.84. The van der Waals surface area contributed by atoms with E-state index in [2.05, 4.69) is 10.3 Å². The fourth-order valence-electron chi connectivity index (χ4n) is 2.57. The fourth-order valence-corrected chi connectivity index (χ4v) is 2.79. The maximum Gasteiger partial charge on any atom is 0.252 e. The number of anilines is 1. The highest BCUT2D eigenvalue weighted by Gasteiger charge is 2.37. The first-order valence-corrected chi connectivity index (χ1v) is 7.13. The van der Waals surface area contributed by atoms with Gasteiger partial charge in [-0.15, -0.1) is 0 Å². The van der Waals surface area contributed by atoms with Gasteiger partial charge in [0.15, 0.2) is 0 Å². The molecule has 3 rings (SSSR count). The molecule has 0 bridgehead atoms. The first kappa shape index (κ1) is 13.8. The lowest BCUT2D eigenvalue weighted by Gasteiger charge is -2.15. The van der Waals surface area contributed by atoms with Gasteiger partial charge in [0.1, 0.15) is 6.04 Å². The largest absolute Gasteiger partial charge is 0.371 e. The molecule has 21 heavy (non-hydrogen) atoms. The summed E-state index contributed by atoms with van der Waals surface area (Å²) >= 11 is 6.15. The normalized spacial score (nSPS) is 18.6. The van der Waals surface area contributed by atoms with Crippen molar-refractivity contribution in [3.05, 3.63) is 35.5 Å². The van der Waals surface area contributed by atoms with Crippen molar-refractivity contribution in [2.75, 3.05) is 11.9 Å². The number of aromatic nitrogens is 1. The topological polar surface area (TPSA) is 62.3 Å². The molecule has 1 aromatic heterocycles. The van der Waals surface area contributed by atoms with Crippen molar-refractivity contribution in [1.29, 1.82) is 0 Å². The number of hydrogen-bond donors (Lipinski definition) is 1. The number of likely N-dealkylation sites (N-methyl/N-ethyl adjacent to an activating group) is 1. The van der Waals surface area contributed by atoms with Crippen molar-refractivity contribution in [3.8, 4) is 0 Å². The average Bonchev–Trinajstić information content (AvgIpc) is 2.76. The van der Waals surface area contributed by atoms with E-state index in [1.807, 2.05) is 6.07 Å². The van der Waals surface area contributed by atoms with E-state index < -0.39 is 6.04 Å². The molecule has 1 N–H and O–H groups in total. The molecule has 1 atom stereocenters. The molecule has 0 spiro atoms. The van der Waals surface area contributed by atoms with Gasteiger partial charge in [0.2, 0.25) is 5.91 Å². The molecule has 1 aliphatic rings. The lowest BCUT2D eigenvalue weighted by molar-refractivity contribution is -0.138. The number of rotatable bonds is 3. The lowest BCUT2D eigenvalue weighted by Crippen LogP contribution is -2.34. The molecule has 1 unspecified atom stereocenters. The molecule has 1 aliphatic heterocycles. The van der Waals surface area contributed by atoms with Crippen molar-refractivity contribution >= 4 is 40.0 Å². The number of benzene rings is 1. The minimum atomic E-state index is -0.538. The zero-order chi connectivity index (χ0) is 15.0. The first-order chi connectivity index (χ1) is 10.1. The second-order valence-corrected chi connectivity index (χ2v) is 5.28. The fraction of sp³-hybridized carbons (Fsp3) is 0.267. The zero-order valence-corrected chi connectivity index (χ0v) is 12.2. The van der Waals surface area contributed by atoms with Crippen LogP contribution in [0.25, 0.3) is 10.9 Å². The summed E-state index contributed by atoms with van der Waals surface area (Å²) in [5, 5.41) is 4.54. The van der Waals surface area contributed by atoms with Crippen LogP contribution < -0.4 is 5.32 Å². The highest BCUT2D eigenvalue weighted by Crippen LogP contribution is 2.29. The van der Waals surface area contributed by atoms with E-state index in [0.717, 1.165) is 5.39 Å². The Bertz CT molecular complexity index is 732. The van der Waals surface area contributed by atoms with Crippen molar-refractivity contribution in [2.24, 2.45) is 0 Å². The Labute approximate surface area is 126 Å². The number of nitrogens with one attached hydrogen (secondary N) is 1. The maximum atomic E-state index is 12.2. The quantitative estimate of drug-likeness (QED) is 0.885. The Morgan fingerprint density at radius 1 is 1.38 bits per heavy atom. The molecular formula is C15H14ClN3O2. The number of likely N-dealkylation sites (tertiary alicyclic amines) is 1. The first-order valence-electron chi connectivity index (χ1n) is 6.75. The molecule has 0 aliphatic carbocycles.